The zero-order chi connectivity index (χ0) is 21.5. The average Bonchev–Trinajstić information content (AvgIpc) is 2.99. The molecule has 1 heterocycles. The fourth-order valence-electron chi connectivity index (χ4n) is 3.38. The number of para-hydroxylation sites is 1. The number of aryl methyl sites for hydroxylation is 2. The third-order valence-electron chi connectivity index (χ3n) is 5.14. The smallest absolute Gasteiger partial charge is 0.191 e. The van der Waals surface area contributed by atoms with E-state index in [0.29, 0.717) is 6.54 Å². The number of aromatic nitrogens is 2. The summed E-state index contributed by atoms with van der Waals surface area (Å²) in [5, 5.41) is 11.4. The first kappa shape index (κ1) is 21.4. The minimum Gasteiger partial charge on any atom is -0.457 e. The van der Waals surface area contributed by atoms with Gasteiger partial charge in [-0.3, -0.25) is 9.67 Å². The van der Waals surface area contributed by atoms with E-state index in [1.807, 2.05) is 54.2 Å². The van der Waals surface area contributed by atoms with Gasteiger partial charge < -0.3 is 15.4 Å². The first-order valence-electron chi connectivity index (χ1n) is 10.2. The fourth-order valence-corrected chi connectivity index (χ4v) is 3.38. The van der Waals surface area contributed by atoms with Gasteiger partial charge in [0, 0.05) is 32.4 Å². The van der Waals surface area contributed by atoms with Gasteiger partial charge in [-0.2, -0.15) is 5.10 Å². The highest BCUT2D eigenvalue weighted by atomic mass is 16.5. The number of guanidine groups is 1. The molecule has 3 rings (SSSR count). The van der Waals surface area contributed by atoms with Crippen molar-refractivity contribution in [2.75, 3.05) is 7.05 Å². The maximum atomic E-state index is 5.85. The predicted octanol–water partition coefficient (Wildman–Crippen LogP) is 4.13. The van der Waals surface area contributed by atoms with Gasteiger partial charge in [-0.05, 0) is 62.6 Å². The molecule has 0 bridgehead atoms. The lowest BCUT2D eigenvalue weighted by Gasteiger charge is -2.18. The average molecular weight is 406 g/mol. The number of hydrogen-bond acceptors (Lipinski definition) is 3. The lowest BCUT2D eigenvalue weighted by atomic mass is 10.1. The summed E-state index contributed by atoms with van der Waals surface area (Å²) in [7, 11) is 3.78. The summed E-state index contributed by atoms with van der Waals surface area (Å²) < 4.78 is 7.79. The maximum Gasteiger partial charge on any atom is 0.191 e. The fraction of sp³-hybridized carbons (Fsp3) is 0.333. The largest absolute Gasteiger partial charge is 0.457 e. The third-order valence-corrected chi connectivity index (χ3v) is 5.14. The maximum absolute atomic E-state index is 5.85. The number of nitrogens with zero attached hydrogens (tertiary/aromatic N) is 3. The van der Waals surface area contributed by atoms with Crippen molar-refractivity contribution >= 4 is 5.96 Å². The Balaban J connectivity index is 1.51. The monoisotopic (exact) mass is 405 g/mol. The Morgan fingerprint density at radius 3 is 2.33 bits per heavy atom. The molecule has 0 saturated heterocycles. The van der Waals surface area contributed by atoms with E-state index < -0.39 is 0 Å². The van der Waals surface area contributed by atoms with Crippen LogP contribution in [0.25, 0.3) is 0 Å². The van der Waals surface area contributed by atoms with Gasteiger partial charge in [0.05, 0.1) is 5.69 Å². The van der Waals surface area contributed by atoms with Gasteiger partial charge in [0.25, 0.3) is 0 Å². The van der Waals surface area contributed by atoms with Crippen LogP contribution in [0.3, 0.4) is 0 Å². The lowest BCUT2D eigenvalue weighted by molar-refractivity contribution is 0.482. The number of aliphatic imine (C=N–C) groups is 1. The van der Waals surface area contributed by atoms with E-state index in [-0.39, 0.29) is 6.04 Å². The molecule has 30 heavy (non-hydrogen) atoms. The normalized spacial score (nSPS) is 12.5. The second-order valence-electron chi connectivity index (χ2n) is 7.51. The Hall–Kier alpha value is -3.28. The molecule has 0 aliphatic carbocycles. The third kappa shape index (κ3) is 5.63. The molecule has 1 atom stereocenters. The van der Waals surface area contributed by atoms with Crippen LogP contribution in [0.4, 0.5) is 0 Å². The van der Waals surface area contributed by atoms with Gasteiger partial charge in [-0.15, -0.1) is 0 Å². The molecule has 6 nitrogen and oxygen atoms in total. The van der Waals surface area contributed by atoms with Gasteiger partial charge in [-0.1, -0.05) is 30.3 Å². The van der Waals surface area contributed by atoms with Crippen molar-refractivity contribution in [3.05, 3.63) is 77.1 Å². The number of hydrogen-bond donors (Lipinski definition) is 2. The molecule has 0 saturated carbocycles. The van der Waals surface area contributed by atoms with Crippen LogP contribution >= 0.6 is 0 Å². The molecule has 6 heteroatoms. The number of ether oxygens (including phenoxy) is 1. The Morgan fingerprint density at radius 2 is 1.73 bits per heavy atom. The summed E-state index contributed by atoms with van der Waals surface area (Å²) in [5.74, 6) is 2.44. The van der Waals surface area contributed by atoms with Crippen molar-refractivity contribution in [2.45, 2.75) is 39.8 Å². The highest BCUT2D eigenvalue weighted by Gasteiger charge is 2.14. The van der Waals surface area contributed by atoms with Crippen LogP contribution in [0.1, 0.15) is 29.4 Å². The Kier molecular flexibility index (Phi) is 7.12. The predicted molar refractivity (Wildman–Crippen MR) is 122 cm³/mol. The van der Waals surface area contributed by atoms with Crippen LogP contribution in [0.15, 0.2) is 59.6 Å². The van der Waals surface area contributed by atoms with Crippen LogP contribution < -0.4 is 15.4 Å². The standard InChI is InChI=1S/C24H31N5O/c1-17(15-23-18(2)28-29(5)19(23)3)27-24(25-4)26-16-20-11-13-22(14-12-20)30-21-9-7-6-8-10-21/h6-14,17H,15-16H2,1-5H3,(H2,25,26,27). The first-order valence-corrected chi connectivity index (χ1v) is 10.2. The zero-order valence-electron chi connectivity index (χ0n) is 18.4. The molecule has 0 spiro atoms. The van der Waals surface area contributed by atoms with Gasteiger partial charge in [0.1, 0.15) is 11.5 Å². The summed E-state index contributed by atoms with van der Waals surface area (Å²) in [5.41, 5.74) is 4.75. The quantitative estimate of drug-likeness (QED) is 0.458. The van der Waals surface area contributed by atoms with E-state index in [0.717, 1.165) is 35.1 Å². The van der Waals surface area contributed by atoms with E-state index >= 15 is 0 Å². The minimum absolute atomic E-state index is 0.236. The molecular formula is C24H31N5O. The lowest BCUT2D eigenvalue weighted by Crippen LogP contribution is -2.42. The van der Waals surface area contributed by atoms with Gasteiger partial charge in [0.15, 0.2) is 5.96 Å². The van der Waals surface area contributed by atoms with Crippen molar-refractivity contribution < 1.29 is 4.74 Å². The Labute approximate surface area is 179 Å². The van der Waals surface area contributed by atoms with Crippen molar-refractivity contribution in [2.24, 2.45) is 12.0 Å². The van der Waals surface area contributed by atoms with Crippen LogP contribution in [0, 0.1) is 13.8 Å². The van der Waals surface area contributed by atoms with E-state index in [4.69, 9.17) is 4.74 Å². The molecule has 0 radical (unpaired) electrons. The van der Waals surface area contributed by atoms with Crippen LogP contribution in [0.5, 0.6) is 11.5 Å². The summed E-state index contributed by atoms with van der Waals surface area (Å²) in [6, 6.07) is 18.1. The topological polar surface area (TPSA) is 63.5 Å². The molecule has 2 aromatic carbocycles. The van der Waals surface area contributed by atoms with Crippen LogP contribution in [-0.2, 0) is 20.0 Å². The highest BCUT2D eigenvalue weighted by Crippen LogP contribution is 2.21. The zero-order valence-corrected chi connectivity index (χ0v) is 18.4. The summed E-state index contributed by atoms with van der Waals surface area (Å²) in [6.07, 6.45) is 0.901. The Bertz CT molecular complexity index is 977. The first-order chi connectivity index (χ1) is 14.5. The molecule has 158 valence electrons. The SMILES string of the molecule is CN=C(NCc1ccc(Oc2ccccc2)cc1)NC(C)Cc1c(C)nn(C)c1C. The summed E-state index contributed by atoms with van der Waals surface area (Å²) in [6.45, 7) is 7.02. The van der Waals surface area contributed by atoms with Gasteiger partial charge >= 0.3 is 0 Å². The van der Waals surface area contributed by atoms with Crippen LogP contribution in [-0.4, -0.2) is 28.8 Å². The van der Waals surface area contributed by atoms with E-state index in [9.17, 15) is 0 Å². The molecule has 1 unspecified atom stereocenters. The van der Waals surface area contributed by atoms with Crippen molar-refractivity contribution in [3.8, 4) is 11.5 Å². The molecule has 0 aliphatic heterocycles. The van der Waals surface area contributed by atoms with Crippen molar-refractivity contribution in [1.29, 1.82) is 0 Å². The minimum atomic E-state index is 0.236. The molecular weight excluding hydrogens is 374 g/mol. The Morgan fingerprint density at radius 1 is 1.07 bits per heavy atom. The number of benzene rings is 2. The van der Waals surface area contributed by atoms with Crippen molar-refractivity contribution in [1.82, 2.24) is 20.4 Å². The van der Waals surface area contributed by atoms with Gasteiger partial charge in [0.2, 0.25) is 0 Å². The van der Waals surface area contributed by atoms with Crippen molar-refractivity contribution in [3.63, 3.8) is 0 Å². The van der Waals surface area contributed by atoms with E-state index in [1.165, 1.54) is 11.3 Å². The molecule has 3 aromatic rings. The number of nitrogens with one attached hydrogen (secondary N) is 2. The summed E-state index contributed by atoms with van der Waals surface area (Å²) >= 11 is 0. The molecule has 0 fully saturated rings. The molecule has 0 aliphatic rings. The van der Waals surface area contributed by atoms with Gasteiger partial charge in [-0.25, -0.2) is 0 Å². The number of rotatable bonds is 7. The van der Waals surface area contributed by atoms with E-state index in [2.05, 4.69) is 53.6 Å². The second-order valence-corrected chi connectivity index (χ2v) is 7.51. The molecule has 2 N–H and O–H groups in total. The van der Waals surface area contributed by atoms with E-state index in [1.54, 1.807) is 7.05 Å². The summed E-state index contributed by atoms with van der Waals surface area (Å²) in [4.78, 5) is 4.36. The molecule has 0 amide bonds. The van der Waals surface area contributed by atoms with Crippen LogP contribution in [0.2, 0.25) is 0 Å². The second kappa shape index (κ2) is 9.96. The highest BCUT2D eigenvalue weighted by molar-refractivity contribution is 5.79. The molecule has 1 aromatic heterocycles.